The molecular formula is C9H15ClN4S. The zero-order valence-electron chi connectivity index (χ0n) is 8.88. The van der Waals surface area contributed by atoms with Crippen LogP contribution in [0, 0.1) is 0 Å². The van der Waals surface area contributed by atoms with Gasteiger partial charge in [0, 0.05) is 19.3 Å². The molecule has 15 heavy (non-hydrogen) atoms. The molecule has 0 aliphatic carbocycles. The molecule has 84 valence electrons. The van der Waals surface area contributed by atoms with E-state index in [1.807, 2.05) is 20.0 Å². The maximum Gasteiger partial charge on any atom is 0.166 e. The topological polar surface area (TPSA) is 41.9 Å². The molecule has 0 saturated heterocycles. The van der Waals surface area contributed by atoms with E-state index in [9.17, 15) is 0 Å². The van der Waals surface area contributed by atoms with Gasteiger partial charge in [-0.05, 0) is 26.1 Å². The van der Waals surface area contributed by atoms with E-state index < -0.39 is 0 Å². The van der Waals surface area contributed by atoms with Crippen LogP contribution in [0.3, 0.4) is 0 Å². The van der Waals surface area contributed by atoms with E-state index in [0.29, 0.717) is 16.7 Å². The SMILES string of the molecule is CCNC(=S)NCc1nn(CC)cc1Cl. The largest absolute Gasteiger partial charge is 0.363 e. The van der Waals surface area contributed by atoms with E-state index in [2.05, 4.69) is 15.7 Å². The van der Waals surface area contributed by atoms with Crippen molar-refractivity contribution >= 4 is 28.9 Å². The Bertz CT molecular complexity index is 337. The summed E-state index contributed by atoms with van der Waals surface area (Å²) in [6.45, 7) is 6.19. The summed E-state index contributed by atoms with van der Waals surface area (Å²) in [7, 11) is 0. The molecule has 0 fully saturated rings. The smallest absolute Gasteiger partial charge is 0.166 e. The van der Waals surface area contributed by atoms with Gasteiger partial charge in [0.2, 0.25) is 0 Å². The molecule has 0 bridgehead atoms. The summed E-state index contributed by atoms with van der Waals surface area (Å²) in [5.41, 5.74) is 0.818. The zero-order chi connectivity index (χ0) is 11.3. The molecule has 0 aromatic carbocycles. The van der Waals surface area contributed by atoms with Crippen molar-refractivity contribution in [2.45, 2.75) is 26.9 Å². The summed E-state index contributed by atoms with van der Waals surface area (Å²) in [6, 6.07) is 0. The van der Waals surface area contributed by atoms with Gasteiger partial charge in [-0.25, -0.2) is 0 Å². The minimum atomic E-state index is 0.553. The molecule has 1 aromatic heterocycles. The highest BCUT2D eigenvalue weighted by Gasteiger charge is 2.05. The van der Waals surface area contributed by atoms with Gasteiger partial charge in [0.1, 0.15) is 5.69 Å². The minimum Gasteiger partial charge on any atom is -0.363 e. The second kappa shape index (κ2) is 5.92. The van der Waals surface area contributed by atoms with Crippen molar-refractivity contribution in [2.24, 2.45) is 0 Å². The number of halogens is 1. The van der Waals surface area contributed by atoms with Crippen molar-refractivity contribution in [1.82, 2.24) is 20.4 Å². The third kappa shape index (κ3) is 3.68. The first-order valence-electron chi connectivity index (χ1n) is 4.90. The summed E-state index contributed by atoms with van der Waals surface area (Å²) in [6.07, 6.45) is 1.81. The molecule has 0 saturated carbocycles. The van der Waals surface area contributed by atoms with Crippen LogP contribution in [0.1, 0.15) is 19.5 Å². The first-order valence-corrected chi connectivity index (χ1v) is 5.69. The van der Waals surface area contributed by atoms with Gasteiger partial charge in [-0.1, -0.05) is 11.6 Å². The molecule has 4 nitrogen and oxygen atoms in total. The van der Waals surface area contributed by atoms with E-state index in [0.717, 1.165) is 18.8 Å². The molecule has 0 spiro atoms. The molecule has 2 N–H and O–H groups in total. The number of hydrogen-bond donors (Lipinski definition) is 2. The molecule has 0 amide bonds. The van der Waals surface area contributed by atoms with Crippen molar-refractivity contribution in [3.8, 4) is 0 Å². The van der Waals surface area contributed by atoms with Gasteiger partial charge in [0.05, 0.1) is 11.6 Å². The Balaban J connectivity index is 2.49. The summed E-state index contributed by atoms with van der Waals surface area (Å²) >= 11 is 11.0. The average Bonchev–Trinajstić information content (AvgIpc) is 2.57. The van der Waals surface area contributed by atoms with E-state index in [1.54, 1.807) is 4.68 Å². The van der Waals surface area contributed by atoms with E-state index in [4.69, 9.17) is 23.8 Å². The lowest BCUT2D eigenvalue weighted by Crippen LogP contribution is -2.34. The molecule has 0 radical (unpaired) electrons. The first kappa shape index (κ1) is 12.3. The Morgan fingerprint density at radius 3 is 2.80 bits per heavy atom. The Hall–Kier alpha value is -0.810. The number of thiocarbonyl (C=S) groups is 1. The molecule has 0 atom stereocenters. The van der Waals surface area contributed by atoms with E-state index in [-0.39, 0.29) is 0 Å². The maximum absolute atomic E-state index is 6.00. The van der Waals surface area contributed by atoms with Crippen LogP contribution in [-0.2, 0) is 13.1 Å². The second-order valence-electron chi connectivity index (χ2n) is 2.99. The molecule has 0 unspecified atom stereocenters. The van der Waals surface area contributed by atoms with Crippen LogP contribution in [0.25, 0.3) is 0 Å². The fourth-order valence-corrected chi connectivity index (χ4v) is 1.54. The number of hydrogen-bond acceptors (Lipinski definition) is 2. The number of rotatable bonds is 4. The van der Waals surface area contributed by atoms with Gasteiger partial charge in [-0.15, -0.1) is 0 Å². The minimum absolute atomic E-state index is 0.553. The quantitative estimate of drug-likeness (QED) is 0.791. The van der Waals surface area contributed by atoms with E-state index in [1.165, 1.54) is 0 Å². The summed E-state index contributed by atoms with van der Waals surface area (Å²) in [5.74, 6) is 0. The van der Waals surface area contributed by atoms with Crippen molar-refractivity contribution in [1.29, 1.82) is 0 Å². The van der Waals surface area contributed by atoms with Crippen LogP contribution in [-0.4, -0.2) is 21.4 Å². The van der Waals surface area contributed by atoms with Gasteiger partial charge < -0.3 is 10.6 Å². The number of nitrogens with one attached hydrogen (secondary N) is 2. The molecular weight excluding hydrogens is 232 g/mol. The van der Waals surface area contributed by atoms with Crippen LogP contribution < -0.4 is 10.6 Å². The number of aryl methyl sites for hydroxylation is 1. The normalized spacial score (nSPS) is 10.1. The summed E-state index contributed by atoms with van der Waals surface area (Å²) in [4.78, 5) is 0. The van der Waals surface area contributed by atoms with Crippen molar-refractivity contribution < 1.29 is 0 Å². The lowest BCUT2D eigenvalue weighted by Gasteiger charge is -2.06. The lowest BCUT2D eigenvalue weighted by molar-refractivity contribution is 0.642. The summed E-state index contributed by atoms with van der Waals surface area (Å²) < 4.78 is 1.80. The van der Waals surface area contributed by atoms with Crippen LogP contribution >= 0.6 is 23.8 Å². The first-order chi connectivity index (χ1) is 7.17. The average molecular weight is 247 g/mol. The third-order valence-corrected chi connectivity index (χ3v) is 2.47. The predicted molar refractivity (Wildman–Crippen MR) is 66.0 cm³/mol. The van der Waals surface area contributed by atoms with Gasteiger partial charge in [-0.3, -0.25) is 4.68 Å². The zero-order valence-corrected chi connectivity index (χ0v) is 10.5. The van der Waals surface area contributed by atoms with Crippen LogP contribution in [0.2, 0.25) is 5.02 Å². The standard InChI is InChI=1S/C9H15ClN4S/c1-3-11-9(15)12-5-8-7(10)6-14(4-2)13-8/h6H,3-5H2,1-2H3,(H2,11,12,15). The van der Waals surface area contributed by atoms with Crippen LogP contribution in [0.15, 0.2) is 6.20 Å². The lowest BCUT2D eigenvalue weighted by atomic mass is 10.4. The van der Waals surface area contributed by atoms with Crippen molar-refractivity contribution in [3.63, 3.8) is 0 Å². The summed E-state index contributed by atoms with van der Waals surface area (Å²) in [5, 5.41) is 11.6. The molecule has 1 heterocycles. The predicted octanol–water partition coefficient (Wildman–Crippen LogP) is 1.54. The van der Waals surface area contributed by atoms with Crippen LogP contribution in [0.5, 0.6) is 0 Å². The molecule has 1 aromatic rings. The van der Waals surface area contributed by atoms with Gasteiger partial charge >= 0.3 is 0 Å². The van der Waals surface area contributed by atoms with Crippen LogP contribution in [0.4, 0.5) is 0 Å². The monoisotopic (exact) mass is 246 g/mol. The highest BCUT2D eigenvalue weighted by atomic mass is 35.5. The third-order valence-electron chi connectivity index (χ3n) is 1.86. The number of nitrogens with zero attached hydrogens (tertiary/aromatic N) is 2. The molecule has 0 aliphatic rings. The highest BCUT2D eigenvalue weighted by molar-refractivity contribution is 7.80. The fraction of sp³-hybridized carbons (Fsp3) is 0.556. The Kier molecular flexibility index (Phi) is 4.84. The van der Waals surface area contributed by atoms with E-state index >= 15 is 0 Å². The van der Waals surface area contributed by atoms with Gasteiger partial charge in [0.15, 0.2) is 5.11 Å². The Morgan fingerprint density at radius 2 is 2.27 bits per heavy atom. The maximum atomic E-state index is 6.00. The fourth-order valence-electron chi connectivity index (χ4n) is 1.11. The van der Waals surface area contributed by atoms with Crippen molar-refractivity contribution in [2.75, 3.05) is 6.54 Å². The second-order valence-corrected chi connectivity index (χ2v) is 3.81. The highest BCUT2D eigenvalue weighted by Crippen LogP contribution is 2.13. The Morgan fingerprint density at radius 1 is 1.53 bits per heavy atom. The molecule has 6 heteroatoms. The molecule has 1 rings (SSSR count). The van der Waals surface area contributed by atoms with Gasteiger partial charge in [0.25, 0.3) is 0 Å². The molecule has 0 aliphatic heterocycles. The van der Waals surface area contributed by atoms with Gasteiger partial charge in [-0.2, -0.15) is 5.10 Å². The number of aromatic nitrogens is 2. The Labute approximate surface area is 100.0 Å². The van der Waals surface area contributed by atoms with Crippen molar-refractivity contribution in [3.05, 3.63) is 16.9 Å².